The van der Waals surface area contributed by atoms with Gasteiger partial charge in [0, 0.05) is 12.8 Å². The van der Waals surface area contributed by atoms with Crippen LogP contribution in [0.4, 0.5) is 0 Å². The Morgan fingerprint density at radius 3 is 2.11 bits per heavy atom. The van der Waals surface area contributed by atoms with Gasteiger partial charge in [0.15, 0.2) is 0 Å². The molecule has 0 amide bonds. The zero-order valence-corrected chi connectivity index (χ0v) is 10.4. The number of hydrogen-bond acceptors (Lipinski definition) is 1. The number of carbonyl (C=O) groups excluding carboxylic acids is 1. The second kappa shape index (κ2) is 4.77. The topological polar surface area (TPSA) is 17.1 Å². The first kappa shape index (κ1) is 11.2. The third-order valence-corrected chi connectivity index (χ3v) is 3.61. The van der Waals surface area contributed by atoms with Crippen LogP contribution >= 0.6 is 0 Å². The van der Waals surface area contributed by atoms with E-state index in [0.29, 0.717) is 18.6 Å². The van der Waals surface area contributed by atoms with E-state index >= 15 is 0 Å². The van der Waals surface area contributed by atoms with Crippen molar-refractivity contribution in [2.24, 2.45) is 0 Å². The summed E-state index contributed by atoms with van der Waals surface area (Å²) >= 11 is 0. The van der Waals surface area contributed by atoms with Crippen molar-refractivity contribution in [2.75, 3.05) is 0 Å². The molecule has 0 saturated heterocycles. The van der Waals surface area contributed by atoms with Gasteiger partial charge in [-0.3, -0.25) is 4.79 Å². The molecule has 1 aliphatic rings. The molecule has 3 rings (SSSR count). The van der Waals surface area contributed by atoms with Crippen LogP contribution in [0.25, 0.3) is 11.1 Å². The number of Topliss-reactive ketones (excluding diaryl/α,β-unsaturated/α-hetero) is 1. The van der Waals surface area contributed by atoms with Crippen molar-refractivity contribution < 1.29 is 4.79 Å². The van der Waals surface area contributed by atoms with E-state index in [9.17, 15) is 4.79 Å². The lowest BCUT2D eigenvalue weighted by atomic mass is 9.93. The summed E-state index contributed by atoms with van der Waals surface area (Å²) in [6, 6.07) is 16.8. The van der Waals surface area contributed by atoms with Crippen molar-refractivity contribution in [1.29, 1.82) is 0 Å². The lowest BCUT2D eigenvalue weighted by molar-refractivity contribution is -0.118. The molecular weight excluding hydrogens is 220 g/mol. The maximum Gasteiger partial charge on any atom is 0.137 e. The zero-order chi connectivity index (χ0) is 12.4. The van der Waals surface area contributed by atoms with Gasteiger partial charge in [-0.05, 0) is 35.1 Å². The molecule has 0 heterocycles. The van der Waals surface area contributed by atoms with Crippen molar-refractivity contribution >= 4 is 5.78 Å². The van der Waals surface area contributed by atoms with Gasteiger partial charge in [-0.15, -0.1) is 0 Å². The maximum absolute atomic E-state index is 11.9. The fraction of sp³-hybridized carbons (Fsp3) is 0.235. The van der Waals surface area contributed by atoms with Crippen LogP contribution < -0.4 is 0 Å². The summed E-state index contributed by atoms with van der Waals surface area (Å²) in [4.78, 5) is 11.9. The lowest BCUT2D eigenvalue weighted by Crippen LogP contribution is -2.02. The van der Waals surface area contributed by atoms with Crippen molar-refractivity contribution in [3.8, 4) is 11.1 Å². The van der Waals surface area contributed by atoms with Gasteiger partial charge in [-0.2, -0.15) is 0 Å². The Labute approximate surface area is 107 Å². The number of hydrogen-bond donors (Lipinski definition) is 0. The molecule has 0 saturated carbocycles. The molecule has 0 spiro atoms. The van der Waals surface area contributed by atoms with E-state index in [0.717, 1.165) is 18.4 Å². The Kier molecular flexibility index (Phi) is 2.97. The lowest BCUT2D eigenvalue weighted by Gasteiger charge is -2.11. The predicted molar refractivity (Wildman–Crippen MR) is 73.5 cm³/mol. The van der Waals surface area contributed by atoms with Crippen molar-refractivity contribution in [2.45, 2.75) is 25.7 Å². The summed E-state index contributed by atoms with van der Waals surface area (Å²) in [6.45, 7) is 0. The number of aryl methyl sites for hydroxylation is 1. The summed E-state index contributed by atoms with van der Waals surface area (Å²) in [5, 5.41) is 0. The maximum atomic E-state index is 11.9. The second-order valence-corrected chi connectivity index (χ2v) is 4.88. The first-order chi connectivity index (χ1) is 8.84. The number of fused-ring (bicyclic) bond motifs is 3. The third kappa shape index (κ3) is 2.08. The average molecular weight is 236 g/mol. The highest BCUT2D eigenvalue weighted by molar-refractivity contribution is 5.84. The summed E-state index contributed by atoms with van der Waals surface area (Å²) < 4.78 is 0. The molecule has 18 heavy (non-hydrogen) atoms. The quantitative estimate of drug-likeness (QED) is 0.680. The third-order valence-electron chi connectivity index (χ3n) is 3.61. The Morgan fingerprint density at radius 2 is 1.33 bits per heavy atom. The van der Waals surface area contributed by atoms with Gasteiger partial charge in [0.05, 0.1) is 0 Å². The van der Waals surface area contributed by atoms with Crippen LogP contribution in [0.3, 0.4) is 0 Å². The molecule has 2 aromatic rings. The highest BCUT2D eigenvalue weighted by Gasteiger charge is 2.14. The van der Waals surface area contributed by atoms with Gasteiger partial charge in [0.2, 0.25) is 0 Å². The number of benzene rings is 2. The molecular formula is C17H16O. The van der Waals surface area contributed by atoms with Crippen LogP contribution in [0.5, 0.6) is 0 Å². The zero-order valence-electron chi connectivity index (χ0n) is 10.4. The summed E-state index contributed by atoms with van der Waals surface area (Å²) in [5.41, 5.74) is 5.04. The molecule has 0 N–H and O–H groups in total. The molecule has 0 atom stereocenters. The molecule has 0 aliphatic heterocycles. The molecule has 1 aliphatic carbocycles. The van der Waals surface area contributed by atoms with Crippen molar-refractivity contribution in [3.05, 3.63) is 59.7 Å². The van der Waals surface area contributed by atoms with Gasteiger partial charge in [0.25, 0.3) is 0 Å². The normalized spacial score (nSPS) is 15.0. The van der Waals surface area contributed by atoms with Gasteiger partial charge < -0.3 is 0 Å². The smallest absolute Gasteiger partial charge is 0.137 e. The molecule has 0 fully saturated rings. The molecule has 90 valence electrons. The fourth-order valence-electron chi connectivity index (χ4n) is 2.72. The van der Waals surface area contributed by atoms with Crippen molar-refractivity contribution in [1.82, 2.24) is 0 Å². The van der Waals surface area contributed by atoms with Crippen LogP contribution in [0.15, 0.2) is 48.5 Å². The number of rotatable bonds is 0. The molecule has 0 radical (unpaired) electrons. The van der Waals surface area contributed by atoms with E-state index < -0.39 is 0 Å². The summed E-state index contributed by atoms with van der Waals surface area (Å²) in [6.07, 6.45) is 3.23. The Balaban J connectivity index is 2.19. The van der Waals surface area contributed by atoms with E-state index in [-0.39, 0.29) is 0 Å². The summed E-state index contributed by atoms with van der Waals surface area (Å²) in [7, 11) is 0. The number of ketones is 1. The molecule has 0 bridgehead atoms. The van der Waals surface area contributed by atoms with Gasteiger partial charge >= 0.3 is 0 Å². The van der Waals surface area contributed by atoms with Crippen LogP contribution in [0.1, 0.15) is 24.0 Å². The Morgan fingerprint density at radius 1 is 0.722 bits per heavy atom. The van der Waals surface area contributed by atoms with E-state index in [1.54, 1.807) is 0 Å². The first-order valence-corrected chi connectivity index (χ1v) is 6.52. The van der Waals surface area contributed by atoms with E-state index in [2.05, 4.69) is 42.5 Å². The minimum Gasteiger partial charge on any atom is -0.299 e. The summed E-state index contributed by atoms with van der Waals surface area (Å²) in [5.74, 6) is 0.357. The van der Waals surface area contributed by atoms with E-state index in [1.807, 2.05) is 6.07 Å². The van der Waals surface area contributed by atoms with Gasteiger partial charge in [-0.1, -0.05) is 48.5 Å². The molecule has 1 heteroatoms. The minimum absolute atomic E-state index is 0.357. The van der Waals surface area contributed by atoms with Gasteiger partial charge in [0.1, 0.15) is 5.78 Å². The largest absolute Gasteiger partial charge is 0.299 e. The first-order valence-electron chi connectivity index (χ1n) is 6.52. The highest BCUT2D eigenvalue weighted by atomic mass is 16.1. The molecule has 0 unspecified atom stereocenters. The molecule has 2 aromatic carbocycles. The predicted octanol–water partition coefficient (Wildman–Crippen LogP) is 3.80. The SMILES string of the molecule is O=C1CCCc2ccccc2-c2ccccc2C1. The van der Waals surface area contributed by atoms with E-state index in [1.165, 1.54) is 16.7 Å². The van der Waals surface area contributed by atoms with Crippen molar-refractivity contribution in [3.63, 3.8) is 0 Å². The molecule has 1 nitrogen and oxygen atoms in total. The van der Waals surface area contributed by atoms with Crippen LogP contribution in [-0.4, -0.2) is 5.78 Å². The Bertz CT molecular complexity index is 584. The van der Waals surface area contributed by atoms with Crippen LogP contribution in [-0.2, 0) is 17.6 Å². The van der Waals surface area contributed by atoms with E-state index in [4.69, 9.17) is 0 Å². The Hall–Kier alpha value is -1.89. The van der Waals surface area contributed by atoms with Crippen LogP contribution in [0, 0.1) is 0 Å². The van der Waals surface area contributed by atoms with Crippen LogP contribution in [0.2, 0.25) is 0 Å². The average Bonchev–Trinajstić information content (AvgIpc) is 2.46. The second-order valence-electron chi connectivity index (χ2n) is 4.88. The monoisotopic (exact) mass is 236 g/mol. The fourth-order valence-corrected chi connectivity index (χ4v) is 2.72. The van der Waals surface area contributed by atoms with Gasteiger partial charge in [-0.25, -0.2) is 0 Å². The standard InChI is InChI=1S/C17H16O/c18-15-9-5-8-13-6-1-3-10-16(13)17-11-4-2-7-14(17)12-15/h1-4,6-7,10-11H,5,8-9,12H2. The minimum atomic E-state index is 0.357. The number of carbonyl (C=O) groups is 1. The molecule has 0 aromatic heterocycles. The highest BCUT2D eigenvalue weighted by Crippen LogP contribution is 2.30.